The highest BCUT2D eigenvalue weighted by Crippen LogP contribution is 2.28. The number of aryl methyl sites for hydroxylation is 1. The molecule has 0 aromatic heterocycles. The third-order valence-corrected chi connectivity index (χ3v) is 7.35. The van der Waals surface area contributed by atoms with Crippen molar-refractivity contribution in [2.45, 2.75) is 32.1 Å². The van der Waals surface area contributed by atoms with Crippen LogP contribution in [0.5, 0.6) is 0 Å². The molecule has 0 radical (unpaired) electrons. The number of amides is 1. The molecule has 9 heteroatoms. The van der Waals surface area contributed by atoms with Gasteiger partial charge >= 0.3 is 0 Å². The normalized spacial score (nSPS) is 12.4. The minimum Gasteiger partial charge on any atom is -0.353 e. The predicted molar refractivity (Wildman–Crippen MR) is 128 cm³/mol. The van der Waals surface area contributed by atoms with Gasteiger partial charge in [-0.05, 0) is 43.2 Å². The van der Waals surface area contributed by atoms with Gasteiger partial charge in [-0.25, -0.2) is 8.42 Å². The number of carbonyl (C=O) groups excluding carboxylic acids is 1. The van der Waals surface area contributed by atoms with E-state index in [1.54, 1.807) is 49.0 Å². The average molecular weight is 489 g/mol. The molecule has 0 aliphatic heterocycles. The zero-order valence-electron chi connectivity index (χ0n) is 17.2. The van der Waals surface area contributed by atoms with Crippen LogP contribution in [0.15, 0.2) is 42.5 Å². The SMILES string of the molecule is CCC(C(=O)NCCSCc1c(Cl)cccc1Cl)N(c1ccc(C)cc1)S(C)(=O)=O. The Labute approximate surface area is 193 Å². The highest BCUT2D eigenvalue weighted by Gasteiger charge is 2.31. The van der Waals surface area contributed by atoms with Crippen LogP contribution in [0, 0.1) is 6.92 Å². The summed E-state index contributed by atoms with van der Waals surface area (Å²) in [4.78, 5) is 12.8. The number of nitrogens with zero attached hydrogens (tertiary/aromatic N) is 1. The largest absolute Gasteiger partial charge is 0.353 e. The summed E-state index contributed by atoms with van der Waals surface area (Å²) in [6.07, 6.45) is 1.47. The molecule has 0 fully saturated rings. The van der Waals surface area contributed by atoms with Gasteiger partial charge in [0.1, 0.15) is 6.04 Å². The monoisotopic (exact) mass is 488 g/mol. The highest BCUT2D eigenvalue weighted by atomic mass is 35.5. The van der Waals surface area contributed by atoms with E-state index in [9.17, 15) is 13.2 Å². The van der Waals surface area contributed by atoms with Crippen molar-refractivity contribution in [2.75, 3.05) is 22.9 Å². The summed E-state index contributed by atoms with van der Waals surface area (Å²) in [5.74, 6) is 0.956. The fraction of sp³-hybridized carbons (Fsp3) is 0.381. The molecule has 2 aromatic rings. The number of halogens is 2. The van der Waals surface area contributed by atoms with Crippen LogP contribution >= 0.6 is 35.0 Å². The number of carbonyl (C=O) groups is 1. The lowest BCUT2D eigenvalue weighted by molar-refractivity contribution is -0.122. The molecule has 2 aromatic carbocycles. The van der Waals surface area contributed by atoms with Gasteiger partial charge < -0.3 is 5.32 Å². The predicted octanol–water partition coefficient (Wildman–Crippen LogP) is 4.90. The standard InChI is InChI=1S/C21H26Cl2N2O3S2/c1-4-20(25(30(3,27)28)16-10-8-15(2)9-11-16)21(26)24-12-13-29-14-17-18(22)6-5-7-19(17)23/h5-11,20H,4,12-14H2,1-3H3,(H,24,26). The first-order valence-corrected chi connectivity index (χ1v) is 13.3. The van der Waals surface area contributed by atoms with Crippen molar-refractivity contribution < 1.29 is 13.2 Å². The fourth-order valence-electron chi connectivity index (χ4n) is 2.96. The fourth-order valence-corrected chi connectivity index (χ4v) is 5.77. The van der Waals surface area contributed by atoms with E-state index < -0.39 is 16.1 Å². The van der Waals surface area contributed by atoms with Crippen LogP contribution in [0.3, 0.4) is 0 Å². The van der Waals surface area contributed by atoms with Gasteiger partial charge in [0.25, 0.3) is 0 Å². The molecular formula is C21H26Cl2N2O3S2. The van der Waals surface area contributed by atoms with Gasteiger partial charge in [0.15, 0.2) is 0 Å². The Bertz CT molecular complexity index is 946. The lowest BCUT2D eigenvalue weighted by Gasteiger charge is -2.30. The first-order valence-electron chi connectivity index (χ1n) is 9.49. The van der Waals surface area contributed by atoms with E-state index in [-0.39, 0.29) is 5.91 Å². The van der Waals surface area contributed by atoms with E-state index in [0.717, 1.165) is 17.4 Å². The summed E-state index contributed by atoms with van der Waals surface area (Å²) in [5.41, 5.74) is 2.36. The van der Waals surface area contributed by atoms with E-state index >= 15 is 0 Å². The number of benzene rings is 2. The molecule has 1 unspecified atom stereocenters. The Balaban J connectivity index is 1.98. The van der Waals surface area contributed by atoms with Crippen LogP contribution in [0.2, 0.25) is 10.0 Å². The molecule has 0 aliphatic carbocycles. The molecule has 5 nitrogen and oxygen atoms in total. The van der Waals surface area contributed by atoms with Gasteiger partial charge in [0.05, 0.1) is 11.9 Å². The second-order valence-corrected chi connectivity index (χ2v) is 10.6. The second-order valence-electron chi connectivity index (χ2n) is 6.86. The van der Waals surface area contributed by atoms with Crippen molar-refractivity contribution in [2.24, 2.45) is 0 Å². The summed E-state index contributed by atoms with van der Waals surface area (Å²) >= 11 is 13.9. The minimum absolute atomic E-state index is 0.320. The van der Waals surface area contributed by atoms with Crippen LogP contribution in [0.4, 0.5) is 5.69 Å². The lowest BCUT2D eigenvalue weighted by atomic mass is 10.1. The number of hydrogen-bond acceptors (Lipinski definition) is 4. The zero-order chi connectivity index (χ0) is 22.3. The van der Waals surface area contributed by atoms with Crippen molar-refractivity contribution in [3.63, 3.8) is 0 Å². The van der Waals surface area contributed by atoms with Crippen LogP contribution < -0.4 is 9.62 Å². The van der Waals surface area contributed by atoms with Gasteiger partial charge in [-0.3, -0.25) is 9.10 Å². The number of rotatable bonds is 10. The maximum Gasteiger partial charge on any atom is 0.243 e. The number of anilines is 1. The lowest BCUT2D eigenvalue weighted by Crippen LogP contribution is -2.49. The van der Waals surface area contributed by atoms with Crippen molar-refractivity contribution in [3.05, 3.63) is 63.6 Å². The molecule has 1 atom stereocenters. The molecular weight excluding hydrogens is 463 g/mol. The maximum absolute atomic E-state index is 12.8. The van der Waals surface area contributed by atoms with Crippen molar-refractivity contribution in [1.29, 1.82) is 0 Å². The molecule has 1 amide bonds. The number of thioether (sulfide) groups is 1. The summed E-state index contributed by atoms with van der Waals surface area (Å²) in [6, 6.07) is 11.7. The number of sulfonamides is 1. The molecule has 0 bridgehead atoms. The Hall–Kier alpha value is -1.41. The summed E-state index contributed by atoms with van der Waals surface area (Å²) in [7, 11) is -3.63. The molecule has 2 rings (SSSR count). The van der Waals surface area contributed by atoms with Gasteiger partial charge in [-0.15, -0.1) is 0 Å². The third-order valence-electron chi connectivity index (χ3n) is 4.47. The van der Waals surface area contributed by atoms with E-state index in [2.05, 4.69) is 5.32 Å². The van der Waals surface area contributed by atoms with Crippen LogP contribution in [0.25, 0.3) is 0 Å². The topological polar surface area (TPSA) is 66.5 Å². The quantitative estimate of drug-likeness (QED) is 0.483. The third kappa shape index (κ3) is 6.80. The maximum atomic E-state index is 12.8. The number of nitrogens with one attached hydrogen (secondary N) is 1. The molecule has 0 saturated heterocycles. The van der Waals surface area contributed by atoms with Gasteiger partial charge in [-0.1, -0.05) is 53.9 Å². The Morgan fingerprint density at radius 1 is 1.13 bits per heavy atom. The molecule has 164 valence electrons. The van der Waals surface area contributed by atoms with E-state index in [0.29, 0.717) is 40.2 Å². The minimum atomic E-state index is -3.63. The van der Waals surface area contributed by atoms with Gasteiger partial charge in [0, 0.05) is 28.1 Å². The van der Waals surface area contributed by atoms with Crippen LogP contribution in [-0.2, 0) is 20.6 Å². The smallest absolute Gasteiger partial charge is 0.243 e. The average Bonchev–Trinajstić information content (AvgIpc) is 2.67. The zero-order valence-corrected chi connectivity index (χ0v) is 20.3. The van der Waals surface area contributed by atoms with E-state index in [1.807, 2.05) is 19.1 Å². The summed E-state index contributed by atoms with van der Waals surface area (Å²) in [6.45, 7) is 4.13. The molecule has 0 aliphatic rings. The van der Waals surface area contributed by atoms with Crippen molar-refractivity contribution in [3.8, 4) is 0 Å². The molecule has 0 saturated carbocycles. The van der Waals surface area contributed by atoms with Crippen molar-refractivity contribution >= 4 is 56.6 Å². The molecule has 0 heterocycles. The van der Waals surface area contributed by atoms with E-state index in [4.69, 9.17) is 23.2 Å². The summed E-state index contributed by atoms with van der Waals surface area (Å²) < 4.78 is 26.1. The van der Waals surface area contributed by atoms with Gasteiger partial charge in [-0.2, -0.15) is 11.8 Å². The number of hydrogen-bond donors (Lipinski definition) is 1. The molecule has 1 N–H and O–H groups in total. The Morgan fingerprint density at radius 2 is 1.73 bits per heavy atom. The Kier molecular flexibility index (Phi) is 9.34. The van der Waals surface area contributed by atoms with Gasteiger partial charge in [0.2, 0.25) is 15.9 Å². The van der Waals surface area contributed by atoms with E-state index in [1.165, 1.54) is 4.31 Å². The molecule has 30 heavy (non-hydrogen) atoms. The molecule has 0 spiro atoms. The first-order chi connectivity index (χ1) is 14.1. The highest BCUT2D eigenvalue weighted by molar-refractivity contribution is 7.98. The Morgan fingerprint density at radius 3 is 2.27 bits per heavy atom. The second kappa shape index (κ2) is 11.3. The van der Waals surface area contributed by atoms with Crippen LogP contribution in [0.1, 0.15) is 24.5 Å². The first kappa shape index (κ1) is 24.9. The summed E-state index contributed by atoms with van der Waals surface area (Å²) in [5, 5.41) is 4.09. The van der Waals surface area contributed by atoms with Crippen molar-refractivity contribution in [1.82, 2.24) is 5.32 Å². The van der Waals surface area contributed by atoms with Crippen LogP contribution in [-0.4, -0.2) is 38.9 Å².